The summed E-state index contributed by atoms with van der Waals surface area (Å²) in [5.74, 6) is 0.408. The van der Waals surface area contributed by atoms with Gasteiger partial charge in [0.2, 0.25) is 0 Å². The molecule has 2 rings (SSSR count). The molecule has 0 unspecified atom stereocenters. The van der Waals surface area contributed by atoms with E-state index in [9.17, 15) is 4.79 Å². The number of methoxy groups -OCH3 is 1. The molecule has 0 aliphatic rings. The topological polar surface area (TPSA) is 61.6 Å². The van der Waals surface area contributed by atoms with Gasteiger partial charge in [-0.15, -0.1) is 11.3 Å². The van der Waals surface area contributed by atoms with E-state index in [1.165, 1.54) is 18.4 Å². The Hall–Kier alpha value is -2.01. The zero-order chi connectivity index (χ0) is 16.3. The number of nitrogen functional groups attached to an aromatic ring is 1. The smallest absolute Gasteiger partial charge is 0.341 e. The van der Waals surface area contributed by atoms with Gasteiger partial charge in [-0.1, -0.05) is 19.1 Å². The second-order valence-corrected chi connectivity index (χ2v) is 6.31. The van der Waals surface area contributed by atoms with Gasteiger partial charge >= 0.3 is 5.97 Å². The van der Waals surface area contributed by atoms with Crippen LogP contribution in [0, 0.1) is 0 Å². The summed E-state index contributed by atoms with van der Waals surface area (Å²) < 4.78 is 10.5. The highest BCUT2D eigenvalue weighted by atomic mass is 32.1. The molecule has 5 heteroatoms. The lowest BCUT2D eigenvalue weighted by Crippen LogP contribution is -2.06. The molecular weight excluding hydrogens is 298 g/mol. The maximum Gasteiger partial charge on any atom is 0.341 e. The van der Waals surface area contributed by atoms with E-state index in [4.69, 9.17) is 15.2 Å². The van der Waals surface area contributed by atoms with Crippen LogP contribution in [-0.2, 0) is 11.2 Å². The van der Waals surface area contributed by atoms with Crippen LogP contribution in [0.25, 0.3) is 11.1 Å². The lowest BCUT2D eigenvalue weighted by Gasteiger charge is -2.11. The molecule has 0 bridgehead atoms. The van der Waals surface area contributed by atoms with E-state index in [2.05, 4.69) is 0 Å². The van der Waals surface area contributed by atoms with Crippen LogP contribution in [0.3, 0.4) is 0 Å². The van der Waals surface area contributed by atoms with Crippen molar-refractivity contribution in [2.24, 2.45) is 0 Å². The fraction of sp³-hybridized carbons (Fsp3) is 0.353. The summed E-state index contributed by atoms with van der Waals surface area (Å²) in [6.45, 7) is 6.02. The molecule has 0 radical (unpaired) electrons. The Labute approximate surface area is 134 Å². The van der Waals surface area contributed by atoms with Gasteiger partial charge in [-0.05, 0) is 38.0 Å². The molecule has 0 saturated heterocycles. The molecule has 0 aliphatic carbocycles. The van der Waals surface area contributed by atoms with Crippen molar-refractivity contribution in [2.45, 2.75) is 33.3 Å². The van der Waals surface area contributed by atoms with E-state index in [1.54, 1.807) is 0 Å². The minimum absolute atomic E-state index is 0.125. The zero-order valence-electron chi connectivity index (χ0n) is 13.3. The van der Waals surface area contributed by atoms with Crippen molar-refractivity contribution in [1.29, 1.82) is 0 Å². The highest BCUT2D eigenvalue weighted by Gasteiger charge is 2.23. The molecule has 1 aromatic carbocycles. The predicted octanol–water partition coefficient (Wildman–Crippen LogP) is 4.13. The zero-order valence-corrected chi connectivity index (χ0v) is 14.1. The van der Waals surface area contributed by atoms with Crippen molar-refractivity contribution in [2.75, 3.05) is 12.8 Å². The SMILES string of the molecule is CCc1sc(N)c(C(=O)OC)c1-c1ccc(OC(C)C)cc1. The monoisotopic (exact) mass is 319 g/mol. The normalized spacial score (nSPS) is 10.8. The molecule has 22 heavy (non-hydrogen) atoms. The lowest BCUT2D eigenvalue weighted by atomic mass is 10.00. The van der Waals surface area contributed by atoms with Crippen LogP contribution in [0.15, 0.2) is 24.3 Å². The standard InChI is InChI=1S/C17H21NO3S/c1-5-13-14(15(16(18)22-13)17(19)20-4)11-6-8-12(9-7-11)21-10(2)3/h6-10H,5,18H2,1-4H3. The van der Waals surface area contributed by atoms with Crippen molar-refractivity contribution in [3.8, 4) is 16.9 Å². The van der Waals surface area contributed by atoms with E-state index >= 15 is 0 Å². The number of nitrogens with two attached hydrogens (primary N) is 1. The van der Waals surface area contributed by atoms with E-state index < -0.39 is 5.97 Å². The first kappa shape index (κ1) is 16.4. The first-order chi connectivity index (χ1) is 10.5. The molecular formula is C17H21NO3S. The number of carbonyl (C=O) groups is 1. The first-order valence-electron chi connectivity index (χ1n) is 7.24. The second kappa shape index (κ2) is 6.83. The number of esters is 1. The van der Waals surface area contributed by atoms with Crippen LogP contribution in [0.4, 0.5) is 5.00 Å². The predicted molar refractivity (Wildman–Crippen MR) is 90.6 cm³/mol. The summed E-state index contributed by atoms with van der Waals surface area (Å²) in [6.07, 6.45) is 0.935. The summed E-state index contributed by atoms with van der Waals surface area (Å²) in [5.41, 5.74) is 8.29. The fourth-order valence-corrected chi connectivity index (χ4v) is 3.35. The van der Waals surface area contributed by atoms with Crippen LogP contribution in [-0.4, -0.2) is 19.2 Å². The first-order valence-corrected chi connectivity index (χ1v) is 8.06. The van der Waals surface area contributed by atoms with Crippen molar-refractivity contribution >= 4 is 22.3 Å². The fourth-order valence-electron chi connectivity index (χ4n) is 2.33. The largest absolute Gasteiger partial charge is 0.491 e. The van der Waals surface area contributed by atoms with Crippen LogP contribution in [0.2, 0.25) is 0 Å². The van der Waals surface area contributed by atoms with Gasteiger partial charge in [-0.2, -0.15) is 0 Å². The number of hydrogen-bond donors (Lipinski definition) is 1. The number of anilines is 1. The van der Waals surface area contributed by atoms with Gasteiger partial charge in [0, 0.05) is 10.4 Å². The number of hydrogen-bond acceptors (Lipinski definition) is 5. The average Bonchev–Trinajstić information content (AvgIpc) is 2.83. The third-order valence-electron chi connectivity index (χ3n) is 3.23. The van der Waals surface area contributed by atoms with Gasteiger partial charge in [0.05, 0.1) is 13.2 Å². The lowest BCUT2D eigenvalue weighted by molar-refractivity contribution is 0.0603. The molecule has 0 amide bonds. The Kier molecular flexibility index (Phi) is 5.08. The second-order valence-electron chi connectivity index (χ2n) is 5.18. The van der Waals surface area contributed by atoms with Crippen LogP contribution in [0.1, 0.15) is 36.0 Å². The molecule has 0 spiro atoms. The Morgan fingerprint density at radius 3 is 2.41 bits per heavy atom. The van der Waals surface area contributed by atoms with Gasteiger partial charge in [-0.25, -0.2) is 4.79 Å². The molecule has 0 aliphatic heterocycles. The number of ether oxygens (including phenoxy) is 2. The third kappa shape index (κ3) is 3.25. The highest BCUT2D eigenvalue weighted by molar-refractivity contribution is 7.17. The van der Waals surface area contributed by atoms with Crippen molar-refractivity contribution in [3.05, 3.63) is 34.7 Å². The van der Waals surface area contributed by atoms with Gasteiger partial charge in [0.15, 0.2) is 0 Å². The maximum absolute atomic E-state index is 12.0. The molecule has 0 atom stereocenters. The molecule has 1 aromatic heterocycles. The summed E-state index contributed by atoms with van der Waals surface area (Å²) in [4.78, 5) is 13.1. The summed E-state index contributed by atoms with van der Waals surface area (Å²) in [7, 11) is 1.37. The van der Waals surface area contributed by atoms with E-state index in [0.717, 1.165) is 28.2 Å². The summed E-state index contributed by atoms with van der Waals surface area (Å²) >= 11 is 1.44. The number of carbonyl (C=O) groups excluding carboxylic acids is 1. The molecule has 2 aromatic rings. The van der Waals surface area contributed by atoms with Gasteiger partial charge in [-0.3, -0.25) is 0 Å². The van der Waals surface area contributed by atoms with Crippen molar-refractivity contribution in [1.82, 2.24) is 0 Å². The Morgan fingerprint density at radius 1 is 1.27 bits per heavy atom. The number of thiophene rings is 1. The number of benzene rings is 1. The van der Waals surface area contributed by atoms with Gasteiger partial charge in [0.1, 0.15) is 16.3 Å². The van der Waals surface area contributed by atoms with Gasteiger partial charge < -0.3 is 15.2 Å². The molecule has 1 heterocycles. The van der Waals surface area contributed by atoms with Crippen LogP contribution >= 0.6 is 11.3 Å². The maximum atomic E-state index is 12.0. The molecule has 4 nitrogen and oxygen atoms in total. The van der Waals surface area contributed by atoms with E-state index in [-0.39, 0.29) is 6.10 Å². The molecule has 118 valence electrons. The quantitative estimate of drug-likeness (QED) is 0.842. The highest BCUT2D eigenvalue weighted by Crippen LogP contribution is 2.39. The minimum atomic E-state index is -0.397. The Bertz CT molecular complexity index is 659. The van der Waals surface area contributed by atoms with Crippen LogP contribution in [0.5, 0.6) is 5.75 Å². The number of aryl methyl sites for hydroxylation is 1. The minimum Gasteiger partial charge on any atom is -0.491 e. The van der Waals surface area contributed by atoms with Crippen molar-refractivity contribution < 1.29 is 14.3 Å². The van der Waals surface area contributed by atoms with Crippen molar-refractivity contribution in [3.63, 3.8) is 0 Å². The summed E-state index contributed by atoms with van der Waals surface area (Å²) in [6, 6.07) is 7.71. The Balaban J connectivity index is 2.49. The summed E-state index contributed by atoms with van der Waals surface area (Å²) in [5, 5.41) is 0.501. The van der Waals surface area contributed by atoms with Gasteiger partial charge in [0.25, 0.3) is 0 Å². The third-order valence-corrected chi connectivity index (χ3v) is 4.40. The van der Waals surface area contributed by atoms with E-state index in [1.807, 2.05) is 45.0 Å². The average molecular weight is 319 g/mol. The Morgan fingerprint density at radius 2 is 1.91 bits per heavy atom. The van der Waals surface area contributed by atoms with E-state index in [0.29, 0.717) is 10.6 Å². The number of rotatable bonds is 5. The van der Waals surface area contributed by atoms with Crippen LogP contribution < -0.4 is 10.5 Å². The molecule has 0 saturated carbocycles. The molecule has 0 fully saturated rings. The molecule has 2 N–H and O–H groups in total.